The second kappa shape index (κ2) is 7.26. The minimum Gasteiger partial charge on any atom is -0.450 e. The molecule has 0 unspecified atom stereocenters. The molecule has 1 aliphatic heterocycles. The van der Waals surface area contributed by atoms with Crippen LogP contribution in [0.2, 0.25) is 0 Å². The highest BCUT2D eigenvalue weighted by atomic mass is 19.1. The molecule has 5 nitrogen and oxygen atoms in total. The Morgan fingerprint density at radius 3 is 2.62 bits per heavy atom. The predicted octanol–water partition coefficient (Wildman–Crippen LogP) is 1.82. The summed E-state index contributed by atoms with van der Waals surface area (Å²) in [5, 5.41) is 3.02. The summed E-state index contributed by atoms with van der Waals surface area (Å²) in [6.45, 7) is 5.37. The van der Waals surface area contributed by atoms with Crippen molar-refractivity contribution < 1.29 is 13.9 Å². The summed E-state index contributed by atoms with van der Waals surface area (Å²) in [6.07, 6.45) is -0.271. The Bertz CT molecular complexity index is 488. The van der Waals surface area contributed by atoms with Crippen molar-refractivity contribution in [3.05, 3.63) is 29.6 Å². The number of halogens is 1. The van der Waals surface area contributed by atoms with E-state index in [1.54, 1.807) is 17.9 Å². The Hall–Kier alpha value is -1.82. The van der Waals surface area contributed by atoms with Crippen molar-refractivity contribution in [3.63, 3.8) is 0 Å². The van der Waals surface area contributed by atoms with Gasteiger partial charge in [-0.25, -0.2) is 9.18 Å². The molecule has 1 aromatic carbocycles. The van der Waals surface area contributed by atoms with Crippen LogP contribution in [0.1, 0.15) is 12.5 Å². The Morgan fingerprint density at radius 2 is 2.00 bits per heavy atom. The number of nitrogens with zero attached hydrogens (tertiary/aromatic N) is 2. The number of anilines is 1. The number of carbonyl (C=O) groups is 1. The van der Waals surface area contributed by atoms with Crippen LogP contribution in [0.4, 0.5) is 14.9 Å². The van der Waals surface area contributed by atoms with Crippen molar-refractivity contribution in [2.24, 2.45) is 0 Å². The number of amides is 1. The monoisotopic (exact) mass is 295 g/mol. The number of carbonyl (C=O) groups excluding carboxylic acids is 1. The maximum atomic E-state index is 13.7. The summed E-state index contributed by atoms with van der Waals surface area (Å²) in [5.41, 5.74) is 1.78. The Labute approximate surface area is 124 Å². The number of hydrogen-bond donors (Lipinski definition) is 1. The maximum absolute atomic E-state index is 13.7. The number of hydrogen-bond acceptors (Lipinski definition) is 4. The van der Waals surface area contributed by atoms with Gasteiger partial charge >= 0.3 is 6.09 Å². The number of piperazine rings is 1. The molecule has 116 valence electrons. The number of nitrogens with one attached hydrogen (secondary N) is 1. The highest BCUT2D eigenvalue weighted by molar-refractivity contribution is 5.68. The topological polar surface area (TPSA) is 44.8 Å². The van der Waals surface area contributed by atoms with E-state index in [-0.39, 0.29) is 11.9 Å². The van der Waals surface area contributed by atoms with Crippen LogP contribution in [0.15, 0.2) is 18.2 Å². The number of ether oxygens (including phenoxy) is 1. The number of rotatable bonds is 4. The van der Waals surface area contributed by atoms with E-state index in [0.717, 1.165) is 11.3 Å². The SMILES string of the molecule is CCOC(=O)N1CCN(c2cc(F)cc(CNC)c2)CC1. The molecule has 1 aromatic rings. The van der Waals surface area contributed by atoms with E-state index in [1.165, 1.54) is 6.07 Å². The Balaban J connectivity index is 2.00. The van der Waals surface area contributed by atoms with Crippen molar-refractivity contribution in [3.8, 4) is 0 Å². The number of benzene rings is 1. The second-order valence-electron chi connectivity index (χ2n) is 5.02. The second-order valence-corrected chi connectivity index (χ2v) is 5.02. The third-order valence-electron chi connectivity index (χ3n) is 3.49. The van der Waals surface area contributed by atoms with Gasteiger partial charge in [-0.1, -0.05) is 0 Å². The van der Waals surface area contributed by atoms with Crippen LogP contribution in [-0.4, -0.2) is 50.8 Å². The predicted molar refractivity (Wildman–Crippen MR) is 80.0 cm³/mol. The van der Waals surface area contributed by atoms with E-state index >= 15 is 0 Å². The fraction of sp³-hybridized carbons (Fsp3) is 0.533. The zero-order chi connectivity index (χ0) is 15.2. The van der Waals surface area contributed by atoms with Crippen LogP contribution < -0.4 is 10.2 Å². The molecule has 1 aliphatic rings. The van der Waals surface area contributed by atoms with Gasteiger partial charge in [-0.3, -0.25) is 0 Å². The summed E-state index contributed by atoms with van der Waals surface area (Å²) in [6, 6.07) is 5.06. The van der Waals surface area contributed by atoms with Crippen molar-refractivity contribution in [1.82, 2.24) is 10.2 Å². The average Bonchev–Trinajstić information content (AvgIpc) is 2.47. The van der Waals surface area contributed by atoms with Crippen molar-refractivity contribution in [2.45, 2.75) is 13.5 Å². The maximum Gasteiger partial charge on any atom is 0.409 e. The molecule has 0 saturated carbocycles. The molecule has 0 aromatic heterocycles. The molecule has 0 aliphatic carbocycles. The molecule has 0 radical (unpaired) electrons. The molecule has 0 bridgehead atoms. The van der Waals surface area contributed by atoms with E-state index in [4.69, 9.17) is 4.74 Å². The first kappa shape index (κ1) is 15.6. The van der Waals surface area contributed by atoms with Crippen LogP contribution in [0.5, 0.6) is 0 Å². The van der Waals surface area contributed by atoms with Gasteiger partial charge in [0.05, 0.1) is 6.61 Å². The highest BCUT2D eigenvalue weighted by Gasteiger charge is 2.22. The zero-order valence-electron chi connectivity index (χ0n) is 12.6. The van der Waals surface area contributed by atoms with E-state index in [0.29, 0.717) is 39.3 Å². The van der Waals surface area contributed by atoms with Gasteiger partial charge < -0.3 is 19.9 Å². The molecule has 2 rings (SSSR count). The molecule has 1 amide bonds. The highest BCUT2D eigenvalue weighted by Crippen LogP contribution is 2.20. The summed E-state index contributed by atoms with van der Waals surface area (Å²) in [7, 11) is 1.84. The third kappa shape index (κ3) is 4.07. The molecule has 1 heterocycles. The van der Waals surface area contributed by atoms with Crippen LogP contribution >= 0.6 is 0 Å². The molecule has 1 saturated heterocycles. The normalized spacial score (nSPS) is 15.2. The average molecular weight is 295 g/mol. The van der Waals surface area contributed by atoms with Crippen LogP contribution in [0.25, 0.3) is 0 Å². The summed E-state index contributed by atoms with van der Waals surface area (Å²) in [4.78, 5) is 15.4. The lowest BCUT2D eigenvalue weighted by Crippen LogP contribution is -2.49. The van der Waals surface area contributed by atoms with Gasteiger partial charge in [0.25, 0.3) is 0 Å². The van der Waals surface area contributed by atoms with Crippen molar-refractivity contribution in [2.75, 3.05) is 44.7 Å². The van der Waals surface area contributed by atoms with E-state index < -0.39 is 0 Å². The molecule has 0 atom stereocenters. The molecule has 6 heteroatoms. The Kier molecular flexibility index (Phi) is 5.38. The van der Waals surface area contributed by atoms with Crippen LogP contribution in [0, 0.1) is 5.82 Å². The van der Waals surface area contributed by atoms with Gasteiger partial charge in [0.15, 0.2) is 0 Å². The fourth-order valence-corrected chi connectivity index (χ4v) is 2.48. The van der Waals surface area contributed by atoms with Crippen LogP contribution in [-0.2, 0) is 11.3 Å². The van der Waals surface area contributed by atoms with Gasteiger partial charge in [-0.2, -0.15) is 0 Å². The largest absolute Gasteiger partial charge is 0.450 e. The molecule has 21 heavy (non-hydrogen) atoms. The molecule has 0 spiro atoms. The lowest BCUT2D eigenvalue weighted by molar-refractivity contribution is 0.105. The lowest BCUT2D eigenvalue weighted by atomic mass is 10.1. The Morgan fingerprint density at radius 1 is 1.29 bits per heavy atom. The molecular formula is C15H22FN3O2. The van der Waals surface area contributed by atoms with Crippen LogP contribution in [0.3, 0.4) is 0 Å². The first-order chi connectivity index (χ1) is 10.1. The van der Waals surface area contributed by atoms with E-state index in [2.05, 4.69) is 10.2 Å². The smallest absolute Gasteiger partial charge is 0.409 e. The standard InChI is InChI=1S/C15H22FN3O2/c1-3-21-15(20)19-6-4-18(5-7-19)14-9-12(11-17-2)8-13(16)10-14/h8-10,17H,3-7,11H2,1-2H3. The van der Waals surface area contributed by atoms with E-state index in [1.807, 2.05) is 13.1 Å². The van der Waals surface area contributed by atoms with Gasteiger partial charge in [-0.05, 0) is 37.7 Å². The summed E-state index contributed by atoms with van der Waals surface area (Å²) in [5.74, 6) is -0.231. The molecule has 1 N–H and O–H groups in total. The zero-order valence-corrected chi connectivity index (χ0v) is 12.6. The summed E-state index contributed by atoms with van der Waals surface area (Å²) >= 11 is 0. The fourth-order valence-electron chi connectivity index (χ4n) is 2.48. The quantitative estimate of drug-likeness (QED) is 0.920. The van der Waals surface area contributed by atoms with Gasteiger partial charge in [0, 0.05) is 38.4 Å². The molecule has 1 fully saturated rings. The molecular weight excluding hydrogens is 273 g/mol. The summed E-state index contributed by atoms with van der Waals surface area (Å²) < 4.78 is 18.7. The van der Waals surface area contributed by atoms with Gasteiger partial charge in [0.1, 0.15) is 5.82 Å². The first-order valence-electron chi connectivity index (χ1n) is 7.24. The van der Waals surface area contributed by atoms with Gasteiger partial charge in [0.2, 0.25) is 0 Å². The lowest BCUT2D eigenvalue weighted by Gasteiger charge is -2.35. The first-order valence-corrected chi connectivity index (χ1v) is 7.24. The minimum absolute atomic E-state index is 0.231. The van der Waals surface area contributed by atoms with Crippen molar-refractivity contribution >= 4 is 11.8 Å². The van der Waals surface area contributed by atoms with E-state index in [9.17, 15) is 9.18 Å². The van der Waals surface area contributed by atoms with Gasteiger partial charge in [-0.15, -0.1) is 0 Å². The third-order valence-corrected chi connectivity index (χ3v) is 3.49. The minimum atomic E-state index is -0.271. The van der Waals surface area contributed by atoms with Crippen molar-refractivity contribution in [1.29, 1.82) is 0 Å².